The third-order valence-corrected chi connectivity index (χ3v) is 4.06. The Balaban J connectivity index is 2.33. The zero-order valence-electron chi connectivity index (χ0n) is 8.91. The number of aliphatic hydroxyl groups is 1. The van der Waals surface area contributed by atoms with Crippen LogP contribution in [0.15, 0.2) is 35.1 Å². The van der Waals surface area contributed by atoms with Crippen LogP contribution in [0.5, 0.6) is 0 Å². The molecule has 1 atom stereocenters. The van der Waals surface area contributed by atoms with Crippen LogP contribution in [0.1, 0.15) is 26.7 Å². The van der Waals surface area contributed by atoms with Crippen molar-refractivity contribution >= 4 is 16.9 Å². The summed E-state index contributed by atoms with van der Waals surface area (Å²) in [4.78, 5) is 11.5. The normalized spacial score (nSPS) is 33.5. The molecule has 80 valence electrons. The second-order valence-corrected chi connectivity index (χ2v) is 5.55. The second-order valence-electron chi connectivity index (χ2n) is 4.13. The van der Waals surface area contributed by atoms with E-state index in [2.05, 4.69) is 12.2 Å². The van der Waals surface area contributed by atoms with Crippen molar-refractivity contribution in [3.05, 3.63) is 35.1 Å². The van der Waals surface area contributed by atoms with Gasteiger partial charge in [0.15, 0.2) is 0 Å². The van der Waals surface area contributed by atoms with Crippen molar-refractivity contribution in [1.29, 1.82) is 0 Å². The van der Waals surface area contributed by atoms with E-state index in [0.29, 0.717) is 5.57 Å². The molecule has 0 radical (unpaired) electrons. The molecule has 2 nitrogen and oxygen atoms in total. The van der Waals surface area contributed by atoms with Crippen LogP contribution in [0.4, 0.5) is 0 Å². The van der Waals surface area contributed by atoms with Gasteiger partial charge in [0.2, 0.25) is 5.12 Å². The number of carbonyl (C=O) groups excluding carboxylic acids is 1. The molecule has 1 aliphatic heterocycles. The van der Waals surface area contributed by atoms with Crippen LogP contribution in [0, 0.1) is 0 Å². The molecule has 0 amide bonds. The van der Waals surface area contributed by atoms with Crippen molar-refractivity contribution in [2.45, 2.75) is 31.4 Å². The first-order valence-corrected chi connectivity index (χ1v) is 5.86. The molecule has 1 heterocycles. The maximum atomic E-state index is 11.5. The number of allylic oxidation sites excluding steroid dienone is 3. The van der Waals surface area contributed by atoms with E-state index >= 15 is 0 Å². The largest absolute Gasteiger partial charge is 0.510 e. The van der Waals surface area contributed by atoms with Gasteiger partial charge in [-0.05, 0) is 26.7 Å². The first kappa shape index (κ1) is 10.6. The fraction of sp³-hybridized carbons (Fsp3) is 0.417. The molecular weight excluding hydrogens is 208 g/mol. The minimum Gasteiger partial charge on any atom is -0.510 e. The Morgan fingerprint density at radius 2 is 2.33 bits per heavy atom. The Morgan fingerprint density at radius 1 is 1.60 bits per heavy atom. The van der Waals surface area contributed by atoms with E-state index in [4.69, 9.17) is 0 Å². The predicted molar refractivity (Wildman–Crippen MR) is 62.8 cm³/mol. The molecule has 0 aromatic rings. The number of carbonyl (C=O) groups is 1. The van der Waals surface area contributed by atoms with Crippen molar-refractivity contribution < 1.29 is 9.90 Å². The number of thioether (sulfide) groups is 1. The summed E-state index contributed by atoms with van der Waals surface area (Å²) in [6, 6.07) is 0. The van der Waals surface area contributed by atoms with Crippen LogP contribution in [-0.4, -0.2) is 15.0 Å². The Kier molecular flexibility index (Phi) is 2.51. The third kappa shape index (κ3) is 1.76. The quantitative estimate of drug-likeness (QED) is 0.740. The second kappa shape index (κ2) is 3.56. The van der Waals surface area contributed by atoms with Crippen LogP contribution < -0.4 is 0 Å². The van der Waals surface area contributed by atoms with Crippen LogP contribution in [0.2, 0.25) is 0 Å². The van der Waals surface area contributed by atoms with Gasteiger partial charge >= 0.3 is 0 Å². The molecule has 2 rings (SSSR count). The van der Waals surface area contributed by atoms with Crippen molar-refractivity contribution in [2.75, 3.05) is 0 Å². The first-order valence-electron chi connectivity index (χ1n) is 5.05. The summed E-state index contributed by atoms with van der Waals surface area (Å²) in [7, 11) is 0. The number of hydrogen-bond donors (Lipinski definition) is 1. The van der Waals surface area contributed by atoms with Gasteiger partial charge in [0, 0.05) is 5.57 Å². The van der Waals surface area contributed by atoms with E-state index < -0.39 is 4.75 Å². The number of aliphatic hydroxyl groups excluding tert-OH is 1. The average Bonchev–Trinajstić information content (AvgIpc) is 2.72. The van der Waals surface area contributed by atoms with Gasteiger partial charge in [-0.2, -0.15) is 0 Å². The molecule has 15 heavy (non-hydrogen) atoms. The minimum absolute atomic E-state index is 0.0196. The van der Waals surface area contributed by atoms with E-state index in [-0.39, 0.29) is 10.9 Å². The van der Waals surface area contributed by atoms with Gasteiger partial charge in [0.25, 0.3) is 0 Å². The van der Waals surface area contributed by atoms with Gasteiger partial charge in [0.05, 0.1) is 4.75 Å². The highest BCUT2D eigenvalue weighted by molar-refractivity contribution is 8.16. The van der Waals surface area contributed by atoms with E-state index in [1.54, 1.807) is 6.92 Å². The summed E-state index contributed by atoms with van der Waals surface area (Å²) < 4.78 is -0.550. The van der Waals surface area contributed by atoms with Gasteiger partial charge in [-0.1, -0.05) is 35.6 Å². The highest BCUT2D eigenvalue weighted by Gasteiger charge is 2.40. The number of rotatable bonds is 1. The van der Waals surface area contributed by atoms with Gasteiger partial charge in [-0.25, -0.2) is 0 Å². The topological polar surface area (TPSA) is 37.3 Å². The van der Waals surface area contributed by atoms with Gasteiger partial charge < -0.3 is 5.11 Å². The Hall–Kier alpha value is -0.960. The monoisotopic (exact) mass is 222 g/mol. The molecule has 1 aliphatic carbocycles. The van der Waals surface area contributed by atoms with Gasteiger partial charge in [0.1, 0.15) is 5.76 Å². The lowest BCUT2D eigenvalue weighted by atomic mass is 10.0. The molecule has 0 fully saturated rings. The molecule has 0 aromatic carbocycles. The molecule has 0 saturated carbocycles. The van der Waals surface area contributed by atoms with E-state index in [1.807, 2.05) is 13.0 Å². The Labute approximate surface area is 93.8 Å². The summed E-state index contributed by atoms with van der Waals surface area (Å²) in [5.74, 6) is 0.213. The first-order chi connectivity index (χ1) is 7.03. The molecule has 0 saturated heterocycles. The summed E-state index contributed by atoms with van der Waals surface area (Å²) in [6.45, 7) is 3.57. The zero-order chi connectivity index (χ0) is 11.1. The van der Waals surface area contributed by atoms with Gasteiger partial charge in [-0.15, -0.1) is 0 Å². The summed E-state index contributed by atoms with van der Waals surface area (Å²) in [5, 5.41) is 9.90. The molecule has 0 spiro atoms. The lowest BCUT2D eigenvalue weighted by molar-refractivity contribution is -0.107. The van der Waals surface area contributed by atoms with Crippen LogP contribution in [0.3, 0.4) is 0 Å². The van der Waals surface area contributed by atoms with Crippen molar-refractivity contribution in [2.24, 2.45) is 0 Å². The van der Waals surface area contributed by atoms with Crippen molar-refractivity contribution in [3.63, 3.8) is 0 Å². The van der Waals surface area contributed by atoms with E-state index in [9.17, 15) is 9.90 Å². The summed E-state index contributed by atoms with van der Waals surface area (Å²) in [6.07, 6.45) is 8.26. The van der Waals surface area contributed by atoms with Crippen molar-refractivity contribution in [3.8, 4) is 0 Å². The lowest BCUT2D eigenvalue weighted by Gasteiger charge is -2.18. The summed E-state index contributed by atoms with van der Waals surface area (Å²) in [5.41, 5.74) is 1.69. The molecule has 1 N–H and O–H groups in total. The molecule has 2 aliphatic rings. The zero-order valence-corrected chi connectivity index (χ0v) is 9.73. The third-order valence-electron chi connectivity index (χ3n) is 2.83. The average molecular weight is 222 g/mol. The number of hydrogen-bond acceptors (Lipinski definition) is 3. The Morgan fingerprint density at radius 3 is 2.80 bits per heavy atom. The Bertz CT molecular complexity index is 404. The molecular formula is C12H14O2S. The molecule has 3 heteroatoms. The fourth-order valence-electron chi connectivity index (χ4n) is 1.93. The van der Waals surface area contributed by atoms with Crippen LogP contribution in [-0.2, 0) is 4.79 Å². The molecule has 0 unspecified atom stereocenters. The highest BCUT2D eigenvalue weighted by atomic mass is 32.2. The molecule has 0 bridgehead atoms. The van der Waals surface area contributed by atoms with Crippen LogP contribution in [0.25, 0.3) is 0 Å². The van der Waals surface area contributed by atoms with Crippen molar-refractivity contribution in [1.82, 2.24) is 0 Å². The lowest BCUT2D eigenvalue weighted by Crippen LogP contribution is -2.17. The minimum atomic E-state index is -0.550. The standard InChI is InChI=1S/C12H14O2S/c1-8-10(13)12(2,15-11(8)14)7-9-5-3-4-6-9/h3,5,7,13H,4,6H2,1-2H3/b9-7-/t12-/m1/s1. The molecule has 0 aromatic heterocycles. The SMILES string of the molecule is CC1=C(O)[C@@](C)(/C=C2/C=CCC2)SC1=O. The highest BCUT2D eigenvalue weighted by Crippen LogP contribution is 2.44. The van der Waals surface area contributed by atoms with Gasteiger partial charge in [-0.3, -0.25) is 4.79 Å². The van der Waals surface area contributed by atoms with E-state index in [1.165, 1.54) is 17.3 Å². The van der Waals surface area contributed by atoms with Crippen LogP contribution >= 0.6 is 11.8 Å². The fourth-order valence-corrected chi connectivity index (χ4v) is 3.02. The maximum Gasteiger partial charge on any atom is 0.219 e. The smallest absolute Gasteiger partial charge is 0.219 e. The predicted octanol–water partition coefficient (Wildman–Crippen LogP) is 3.13. The van der Waals surface area contributed by atoms with E-state index in [0.717, 1.165) is 12.8 Å². The maximum absolute atomic E-state index is 11.5. The summed E-state index contributed by atoms with van der Waals surface area (Å²) >= 11 is 1.20.